The van der Waals surface area contributed by atoms with Crippen molar-refractivity contribution in [2.24, 2.45) is 0 Å². The number of rotatable bonds is 5. The van der Waals surface area contributed by atoms with E-state index >= 15 is 0 Å². The van der Waals surface area contributed by atoms with E-state index in [2.05, 4.69) is 4.98 Å². The molecule has 4 rings (SSSR count). The third-order valence-electron chi connectivity index (χ3n) is 4.22. The number of nitrogens with zero attached hydrogens (tertiary/aromatic N) is 2. The second-order valence-corrected chi connectivity index (χ2v) is 6.84. The molecule has 4 nitrogen and oxygen atoms in total. The van der Waals surface area contributed by atoms with Crippen molar-refractivity contribution < 1.29 is 9.21 Å². The summed E-state index contributed by atoms with van der Waals surface area (Å²) in [4.78, 5) is 18.6. The number of hydrogen-bond donors (Lipinski definition) is 0. The molecule has 5 heteroatoms. The number of aromatic nitrogens is 1. The van der Waals surface area contributed by atoms with Crippen LogP contribution in [0.3, 0.4) is 0 Å². The van der Waals surface area contributed by atoms with E-state index in [0.29, 0.717) is 11.0 Å². The lowest BCUT2D eigenvalue weighted by Crippen LogP contribution is -2.43. The maximum Gasteiger partial charge on any atom is 0.257 e. The van der Waals surface area contributed by atoms with Gasteiger partial charge >= 0.3 is 0 Å². The largest absolute Gasteiger partial charge is 0.431 e. The molecule has 0 aliphatic carbocycles. The molecule has 0 N–H and O–H groups in total. The van der Waals surface area contributed by atoms with Crippen molar-refractivity contribution in [3.05, 3.63) is 60.7 Å². The lowest BCUT2D eigenvalue weighted by molar-refractivity contribution is -0.131. The smallest absolute Gasteiger partial charge is 0.257 e. The molecule has 0 spiro atoms. The van der Waals surface area contributed by atoms with Crippen molar-refractivity contribution in [3.63, 3.8) is 0 Å². The van der Waals surface area contributed by atoms with Crippen molar-refractivity contribution in [2.75, 3.05) is 18.8 Å². The predicted molar refractivity (Wildman–Crippen MR) is 99.3 cm³/mol. The first-order valence-corrected chi connectivity index (χ1v) is 9.32. The summed E-state index contributed by atoms with van der Waals surface area (Å²) in [5.74, 6) is 1.26. The molecule has 1 amide bonds. The Morgan fingerprint density at radius 2 is 1.64 bits per heavy atom. The lowest BCUT2D eigenvalue weighted by Gasteiger charge is -2.30. The first kappa shape index (κ1) is 16.0. The topological polar surface area (TPSA) is 46.3 Å². The number of likely N-dealkylation sites (tertiary alicyclic amines) is 1. The normalized spacial score (nSPS) is 13.5. The highest BCUT2D eigenvalue weighted by Crippen LogP contribution is 2.35. The van der Waals surface area contributed by atoms with Gasteiger partial charge in [0.15, 0.2) is 5.76 Å². The number of thioether (sulfide) groups is 1. The second kappa shape index (κ2) is 7.15. The fraction of sp³-hybridized carbons (Fsp3) is 0.200. The van der Waals surface area contributed by atoms with Crippen molar-refractivity contribution in [2.45, 2.75) is 11.6 Å². The molecule has 1 aliphatic rings. The minimum absolute atomic E-state index is 0.150. The Balaban J connectivity index is 1.62. The average Bonchev–Trinajstić information content (AvgIpc) is 3.04. The van der Waals surface area contributed by atoms with Gasteiger partial charge in [0.1, 0.15) is 5.69 Å². The van der Waals surface area contributed by atoms with Crippen LogP contribution in [0.25, 0.3) is 22.6 Å². The summed E-state index contributed by atoms with van der Waals surface area (Å²) < 4.78 is 6.02. The van der Waals surface area contributed by atoms with Crippen LogP contribution in [0.15, 0.2) is 70.3 Å². The number of carbonyl (C=O) groups is 1. The first-order valence-electron chi connectivity index (χ1n) is 8.33. The lowest BCUT2D eigenvalue weighted by atomic mass is 10.1. The van der Waals surface area contributed by atoms with E-state index in [4.69, 9.17) is 4.42 Å². The summed E-state index contributed by atoms with van der Waals surface area (Å²) in [7, 11) is 0. The summed E-state index contributed by atoms with van der Waals surface area (Å²) in [5, 5.41) is 0.534. The zero-order valence-electron chi connectivity index (χ0n) is 13.7. The maximum absolute atomic E-state index is 12.1. The van der Waals surface area contributed by atoms with Gasteiger partial charge in [-0.3, -0.25) is 4.79 Å². The first-order chi connectivity index (χ1) is 12.3. The van der Waals surface area contributed by atoms with Crippen LogP contribution >= 0.6 is 11.8 Å². The molecule has 2 aromatic carbocycles. The molecule has 3 aromatic rings. The maximum atomic E-state index is 12.1. The molecule has 0 radical (unpaired) electrons. The van der Waals surface area contributed by atoms with Crippen LogP contribution in [0.1, 0.15) is 6.42 Å². The average molecular weight is 350 g/mol. The molecule has 0 saturated carbocycles. The summed E-state index contributed by atoms with van der Waals surface area (Å²) in [6, 6.07) is 19.9. The van der Waals surface area contributed by atoms with Crippen LogP contribution in [-0.2, 0) is 4.79 Å². The van der Waals surface area contributed by atoms with Gasteiger partial charge in [0.2, 0.25) is 5.91 Å². The van der Waals surface area contributed by atoms with Crippen LogP contribution in [0.5, 0.6) is 0 Å². The number of hydrogen-bond acceptors (Lipinski definition) is 4. The van der Waals surface area contributed by atoms with Gasteiger partial charge in [-0.2, -0.15) is 0 Å². The summed E-state index contributed by atoms with van der Waals surface area (Å²) in [5.41, 5.74) is 2.80. The fourth-order valence-corrected chi connectivity index (χ4v) is 3.45. The van der Waals surface area contributed by atoms with Gasteiger partial charge in [0.05, 0.1) is 5.75 Å². The molecule has 0 bridgehead atoms. The van der Waals surface area contributed by atoms with Crippen molar-refractivity contribution >= 4 is 17.7 Å². The van der Waals surface area contributed by atoms with E-state index < -0.39 is 0 Å². The van der Waals surface area contributed by atoms with E-state index in [1.54, 1.807) is 0 Å². The molecule has 1 fully saturated rings. The Hall–Kier alpha value is -2.53. The zero-order valence-corrected chi connectivity index (χ0v) is 14.5. The number of carbonyl (C=O) groups excluding carboxylic acids is 1. The van der Waals surface area contributed by atoms with Gasteiger partial charge in [-0.25, -0.2) is 4.98 Å². The Morgan fingerprint density at radius 1 is 1.00 bits per heavy atom. The van der Waals surface area contributed by atoms with Crippen LogP contribution < -0.4 is 0 Å². The summed E-state index contributed by atoms with van der Waals surface area (Å²) >= 11 is 1.36. The third kappa shape index (κ3) is 3.46. The molecule has 1 aromatic heterocycles. The Labute approximate surface area is 150 Å². The summed E-state index contributed by atoms with van der Waals surface area (Å²) in [6.45, 7) is 1.74. The predicted octanol–water partition coefficient (Wildman–Crippen LogP) is 4.33. The number of benzene rings is 2. The van der Waals surface area contributed by atoms with E-state index in [1.165, 1.54) is 11.8 Å². The highest BCUT2D eigenvalue weighted by Gasteiger charge is 2.22. The Bertz CT molecular complexity index is 801. The van der Waals surface area contributed by atoms with Gasteiger partial charge in [-0.1, -0.05) is 72.4 Å². The quantitative estimate of drug-likeness (QED) is 0.643. The molecular formula is C20H18N2O2S. The van der Waals surface area contributed by atoms with Gasteiger partial charge < -0.3 is 9.32 Å². The summed E-state index contributed by atoms with van der Waals surface area (Å²) in [6.07, 6.45) is 1.10. The van der Waals surface area contributed by atoms with E-state index in [1.807, 2.05) is 65.6 Å². The minimum atomic E-state index is 0.150. The molecule has 0 atom stereocenters. The fourth-order valence-electron chi connectivity index (χ4n) is 2.72. The van der Waals surface area contributed by atoms with Crippen LogP contribution in [0.4, 0.5) is 0 Å². The molecule has 1 aliphatic heterocycles. The van der Waals surface area contributed by atoms with Crippen molar-refractivity contribution in [3.8, 4) is 22.6 Å². The standard InChI is InChI=1S/C20H18N2O2S/c23-17(22-12-7-13-22)14-25-20-21-18(15-8-3-1-4-9-15)19(24-20)16-10-5-2-6-11-16/h1-6,8-11H,7,12-14H2. The molecule has 126 valence electrons. The molecule has 25 heavy (non-hydrogen) atoms. The van der Waals surface area contributed by atoms with E-state index in [-0.39, 0.29) is 5.91 Å². The van der Waals surface area contributed by atoms with Gasteiger partial charge in [0, 0.05) is 24.2 Å². The third-order valence-corrected chi connectivity index (χ3v) is 5.03. The highest BCUT2D eigenvalue weighted by atomic mass is 32.2. The monoisotopic (exact) mass is 350 g/mol. The van der Waals surface area contributed by atoms with E-state index in [9.17, 15) is 4.79 Å². The molecule has 2 heterocycles. The molecule has 1 saturated heterocycles. The van der Waals surface area contributed by atoms with Crippen molar-refractivity contribution in [1.82, 2.24) is 9.88 Å². The zero-order chi connectivity index (χ0) is 17.1. The minimum Gasteiger partial charge on any atom is -0.431 e. The van der Waals surface area contributed by atoms with Gasteiger partial charge in [-0.05, 0) is 6.42 Å². The van der Waals surface area contributed by atoms with Gasteiger partial charge in [-0.15, -0.1) is 0 Å². The Kier molecular flexibility index (Phi) is 4.57. The van der Waals surface area contributed by atoms with Crippen LogP contribution in [-0.4, -0.2) is 34.6 Å². The molecule has 0 unspecified atom stereocenters. The van der Waals surface area contributed by atoms with Crippen LogP contribution in [0.2, 0.25) is 0 Å². The Morgan fingerprint density at radius 3 is 2.24 bits per heavy atom. The van der Waals surface area contributed by atoms with Gasteiger partial charge in [0.25, 0.3) is 5.22 Å². The second-order valence-electron chi connectivity index (χ2n) is 5.91. The van der Waals surface area contributed by atoms with E-state index in [0.717, 1.165) is 42.1 Å². The molecular weight excluding hydrogens is 332 g/mol. The number of amides is 1. The SMILES string of the molecule is O=C(CSc1nc(-c2ccccc2)c(-c2ccccc2)o1)N1CCC1. The van der Waals surface area contributed by atoms with Crippen LogP contribution in [0, 0.1) is 0 Å². The number of oxazole rings is 1. The highest BCUT2D eigenvalue weighted by molar-refractivity contribution is 7.99. The van der Waals surface area contributed by atoms with Crippen molar-refractivity contribution in [1.29, 1.82) is 0 Å².